The highest BCUT2D eigenvalue weighted by Gasteiger charge is 2.17. The van der Waals surface area contributed by atoms with E-state index in [4.69, 9.17) is 0 Å². The van der Waals surface area contributed by atoms with E-state index in [0.29, 0.717) is 13.0 Å². The molecule has 0 aromatic carbocycles. The predicted octanol–water partition coefficient (Wildman–Crippen LogP) is 2.32. The monoisotopic (exact) mass is 262 g/mol. The highest BCUT2D eigenvalue weighted by molar-refractivity contribution is 5.78. The van der Waals surface area contributed by atoms with Crippen LogP contribution in [0.3, 0.4) is 0 Å². The Morgan fingerprint density at radius 1 is 1.26 bits per heavy atom. The Balaban J connectivity index is 1.96. The van der Waals surface area contributed by atoms with Gasteiger partial charge >= 0.3 is 0 Å². The molecular formula is C15H22N2O2. The fourth-order valence-electron chi connectivity index (χ4n) is 2.80. The zero-order valence-electron chi connectivity index (χ0n) is 11.8. The molecule has 4 heteroatoms. The van der Waals surface area contributed by atoms with E-state index in [-0.39, 0.29) is 5.91 Å². The molecule has 0 spiro atoms. The number of amides is 1. The summed E-state index contributed by atoms with van der Waals surface area (Å²) < 4.78 is 2.06. The van der Waals surface area contributed by atoms with Crippen molar-refractivity contribution >= 4 is 12.2 Å². The predicted molar refractivity (Wildman–Crippen MR) is 74.3 cm³/mol. The van der Waals surface area contributed by atoms with Crippen LogP contribution in [0.2, 0.25) is 0 Å². The van der Waals surface area contributed by atoms with Gasteiger partial charge in [0.25, 0.3) is 0 Å². The summed E-state index contributed by atoms with van der Waals surface area (Å²) in [6, 6.07) is 1.88. The summed E-state index contributed by atoms with van der Waals surface area (Å²) in [6.45, 7) is 6.39. The molecule has 0 unspecified atom stereocenters. The van der Waals surface area contributed by atoms with E-state index >= 15 is 0 Å². The van der Waals surface area contributed by atoms with Crippen LogP contribution in [0.1, 0.15) is 47.4 Å². The molecule has 0 saturated carbocycles. The van der Waals surface area contributed by atoms with Gasteiger partial charge in [0.15, 0.2) is 6.29 Å². The Morgan fingerprint density at radius 2 is 1.95 bits per heavy atom. The molecular weight excluding hydrogens is 240 g/mol. The first kappa shape index (κ1) is 13.8. The van der Waals surface area contributed by atoms with Crippen LogP contribution in [-0.2, 0) is 11.3 Å². The summed E-state index contributed by atoms with van der Waals surface area (Å²) in [5.41, 5.74) is 2.73. The summed E-state index contributed by atoms with van der Waals surface area (Å²) in [4.78, 5) is 25.0. The first-order chi connectivity index (χ1) is 9.13. The van der Waals surface area contributed by atoms with Crippen molar-refractivity contribution in [3.05, 3.63) is 23.0 Å². The van der Waals surface area contributed by atoms with Crippen LogP contribution in [0.25, 0.3) is 0 Å². The summed E-state index contributed by atoms with van der Waals surface area (Å²) >= 11 is 0. The number of carbonyl (C=O) groups is 2. The summed E-state index contributed by atoms with van der Waals surface area (Å²) in [5.74, 6) is 0.236. The number of likely N-dealkylation sites (tertiary alicyclic amines) is 1. The van der Waals surface area contributed by atoms with Crippen LogP contribution >= 0.6 is 0 Å². The maximum absolute atomic E-state index is 12.1. The highest BCUT2D eigenvalue weighted by Crippen LogP contribution is 2.15. The molecule has 1 amide bonds. The van der Waals surface area contributed by atoms with Crippen molar-refractivity contribution in [2.75, 3.05) is 13.1 Å². The third-order valence-corrected chi connectivity index (χ3v) is 4.00. The summed E-state index contributed by atoms with van der Waals surface area (Å²) in [6.07, 6.45) is 4.90. The van der Waals surface area contributed by atoms with Crippen molar-refractivity contribution in [1.29, 1.82) is 0 Å². The average Bonchev–Trinajstić information content (AvgIpc) is 2.72. The smallest absolute Gasteiger partial charge is 0.224 e. The topological polar surface area (TPSA) is 42.3 Å². The first-order valence-electron chi connectivity index (χ1n) is 7.03. The molecule has 1 aliphatic heterocycles. The lowest BCUT2D eigenvalue weighted by molar-refractivity contribution is -0.132. The molecule has 2 heterocycles. The van der Waals surface area contributed by atoms with Gasteiger partial charge in [0.2, 0.25) is 5.91 Å². The van der Waals surface area contributed by atoms with Gasteiger partial charge in [-0.05, 0) is 39.2 Å². The number of rotatable bonds is 4. The number of hydrogen-bond acceptors (Lipinski definition) is 2. The van der Waals surface area contributed by atoms with Crippen molar-refractivity contribution in [3.8, 4) is 0 Å². The van der Waals surface area contributed by atoms with Crippen molar-refractivity contribution < 1.29 is 9.59 Å². The number of piperidine rings is 1. The molecule has 0 radical (unpaired) electrons. The van der Waals surface area contributed by atoms with Crippen LogP contribution in [0.15, 0.2) is 6.07 Å². The SMILES string of the molecule is Cc1cc(C=O)c(C)n1CCC(=O)N1CCCCC1. The second-order valence-corrected chi connectivity index (χ2v) is 5.29. The molecule has 0 aliphatic carbocycles. The van der Waals surface area contributed by atoms with Crippen LogP contribution in [-0.4, -0.2) is 34.7 Å². The number of aromatic nitrogens is 1. The number of carbonyl (C=O) groups excluding carboxylic acids is 2. The first-order valence-corrected chi connectivity index (χ1v) is 7.03. The lowest BCUT2D eigenvalue weighted by Crippen LogP contribution is -2.36. The van der Waals surface area contributed by atoms with Gasteiger partial charge in [0.1, 0.15) is 0 Å². The van der Waals surface area contributed by atoms with Gasteiger partial charge in [-0.15, -0.1) is 0 Å². The van der Waals surface area contributed by atoms with Crippen LogP contribution in [0.5, 0.6) is 0 Å². The molecule has 1 fully saturated rings. The Kier molecular flexibility index (Phi) is 4.40. The third-order valence-electron chi connectivity index (χ3n) is 4.00. The molecule has 2 rings (SSSR count). The second kappa shape index (κ2) is 6.04. The van der Waals surface area contributed by atoms with Crippen molar-refractivity contribution in [2.45, 2.75) is 46.1 Å². The Bertz CT molecular complexity index is 471. The Labute approximate surface area is 114 Å². The normalized spacial score (nSPS) is 15.6. The molecule has 0 bridgehead atoms. The number of hydrogen-bond donors (Lipinski definition) is 0. The maximum atomic E-state index is 12.1. The van der Waals surface area contributed by atoms with Crippen LogP contribution in [0.4, 0.5) is 0 Å². The van der Waals surface area contributed by atoms with Gasteiger partial charge < -0.3 is 9.47 Å². The summed E-state index contributed by atoms with van der Waals surface area (Å²) in [7, 11) is 0. The molecule has 1 saturated heterocycles. The standard InChI is InChI=1S/C15H22N2O2/c1-12-10-14(11-18)13(2)17(12)9-6-15(19)16-7-4-3-5-8-16/h10-11H,3-9H2,1-2H3. The van der Waals surface area contributed by atoms with Gasteiger partial charge in [-0.25, -0.2) is 0 Å². The van der Waals surface area contributed by atoms with Crippen LogP contribution < -0.4 is 0 Å². The van der Waals surface area contributed by atoms with Gasteiger partial charge in [-0.3, -0.25) is 9.59 Å². The van der Waals surface area contributed by atoms with Crippen molar-refractivity contribution in [2.24, 2.45) is 0 Å². The van der Waals surface area contributed by atoms with E-state index in [0.717, 1.165) is 49.2 Å². The van der Waals surface area contributed by atoms with Gasteiger partial charge in [-0.2, -0.15) is 0 Å². The maximum Gasteiger partial charge on any atom is 0.224 e. The van der Waals surface area contributed by atoms with E-state index in [1.54, 1.807) is 0 Å². The number of aldehydes is 1. The van der Waals surface area contributed by atoms with Gasteiger partial charge in [0, 0.05) is 43.0 Å². The van der Waals surface area contributed by atoms with E-state index in [1.807, 2.05) is 24.8 Å². The molecule has 0 atom stereocenters. The van der Waals surface area contributed by atoms with E-state index in [1.165, 1.54) is 6.42 Å². The van der Waals surface area contributed by atoms with Gasteiger partial charge in [0.05, 0.1) is 0 Å². The minimum absolute atomic E-state index is 0.236. The van der Waals surface area contributed by atoms with Crippen molar-refractivity contribution in [1.82, 2.24) is 9.47 Å². The quantitative estimate of drug-likeness (QED) is 0.781. The van der Waals surface area contributed by atoms with Crippen LogP contribution in [0, 0.1) is 13.8 Å². The number of nitrogens with zero attached hydrogens (tertiary/aromatic N) is 2. The molecule has 104 valence electrons. The zero-order chi connectivity index (χ0) is 13.8. The van der Waals surface area contributed by atoms with Gasteiger partial charge in [-0.1, -0.05) is 0 Å². The molecule has 1 aromatic heterocycles. The van der Waals surface area contributed by atoms with E-state index in [9.17, 15) is 9.59 Å². The van der Waals surface area contributed by atoms with E-state index < -0.39 is 0 Å². The molecule has 1 aliphatic rings. The molecule has 19 heavy (non-hydrogen) atoms. The lowest BCUT2D eigenvalue weighted by Gasteiger charge is -2.27. The molecule has 1 aromatic rings. The summed E-state index contributed by atoms with van der Waals surface area (Å²) in [5, 5.41) is 0. The number of aryl methyl sites for hydroxylation is 1. The van der Waals surface area contributed by atoms with E-state index in [2.05, 4.69) is 4.57 Å². The molecule has 4 nitrogen and oxygen atoms in total. The zero-order valence-corrected chi connectivity index (χ0v) is 11.8. The van der Waals surface area contributed by atoms with Crippen molar-refractivity contribution in [3.63, 3.8) is 0 Å². The lowest BCUT2D eigenvalue weighted by atomic mass is 10.1. The average molecular weight is 262 g/mol. The Morgan fingerprint density at radius 3 is 2.53 bits per heavy atom. The fourth-order valence-corrected chi connectivity index (χ4v) is 2.80. The Hall–Kier alpha value is -1.58. The fraction of sp³-hybridized carbons (Fsp3) is 0.600. The largest absolute Gasteiger partial charge is 0.348 e. The minimum Gasteiger partial charge on any atom is -0.348 e. The second-order valence-electron chi connectivity index (χ2n) is 5.29. The highest BCUT2D eigenvalue weighted by atomic mass is 16.2. The third kappa shape index (κ3) is 3.06. The minimum atomic E-state index is 0.236. The molecule has 0 N–H and O–H groups in total.